The monoisotopic (exact) mass is 315 g/mol. The smallest absolute Gasteiger partial charge is 0.159 e. The third kappa shape index (κ3) is 2.06. The highest BCUT2D eigenvalue weighted by molar-refractivity contribution is 5.99. The van der Waals surface area contributed by atoms with Gasteiger partial charge in [0.1, 0.15) is 0 Å². The van der Waals surface area contributed by atoms with Crippen LogP contribution in [0.3, 0.4) is 0 Å². The fourth-order valence-electron chi connectivity index (χ4n) is 7.44. The molecule has 7 atom stereocenters. The number of hydrogen-bond acceptors (Lipinski definition) is 2. The third-order valence-electron chi connectivity index (χ3n) is 8.71. The lowest BCUT2D eigenvalue weighted by Crippen LogP contribution is -2.54. The van der Waals surface area contributed by atoms with E-state index < -0.39 is 0 Å². The van der Waals surface area contributed by atoms with Gasteiger partial charge in [-0.25, -0.2) is 0 Å². The number of rotatable bonds is 0. The Hall–Kier alpha value is -0.630. The van der Waals surface area contributed by atoms with Gasteiger partial charge >= 0.3 is 0 Å². The Morgan fingerprint density at radius 1 is 1.09 bits per heavy atom. The molecule has 1 unspecified atom stereocenters. The molecule has 0 bridgehead atoms. The predicted molar refractivity (Wildman–Crippen MR) is 93.8 cm³/mol. The maximum absolute atomic E-state index is 12.6. The number of hydrogen-bond donors (Lipinski definition) is 1. The summed E-state index contributed by atoms with van der Waals surface area (Å²) in [5.74, 6) is 3.48. The van der Waals surface area contributed by atoms with E-state index in [9.17, 15) is 4.79 Å². The molecule has 0 spiro atoms. The van der Waals surface area contributed by atoms with Crippen LogP contribution in [-0.4, -0.2) is 11.8 Å². The van der Waals surface area contributed by atoms with E-state index in [2.05, 4.69) is 26.8 Å². The molecule has 2 N–H and O–H groups in total. The topological polar surface area (TPSA) is 43.1 Å². The molecule has 4 aliphatic rings. The van der Waals surface area contributed by atoms with Crippen LogP contribution in [0.2, 0.25) is 0 Å². The zero-order chi connectivity index (χ0) is 16.4. The van der Waals surface area contributed by atoms with E-state index in [1.54, 1.807) is 0 Å². The summed E-state index contributed by atoms with van der Waals surface area (Å²) >= 11 is 0. The summed E-state index contributed by atoms with van der Waals surface area (Å²) in [6.45, 7) is 7.02. The highest BCUT2D eigenvalue weighted by atomic mass is 16.1. The van der Waals surface area contributed by atoms with Crippen LogP contribution >= 0.6 is 0 Å². The van der Waals surface area contributed by atoms with Crippen LogP contribution in [0.1, 0.15) is 72.1 Å². The minimum Gasteiger partial charge on any atom is -0.328 e. The van der Waals surface area contributed by atoms with Crippen molar-refractivity contribution in [1.82, 2.24) is 0 Å². The Bertz CT molecular complexity index is 552. The van der Waals surface area contributed by atoms with Gasteiger partial charge in [-0.15, -0.1) is 0 Å². The first-order valence-corrected chi connectivity index (χ1v) is 9.85. The van der Waals surface area contributed by atoms with E-state index in [1.165, 1.54) is 44.9 Å². The normalized spacial score (nSPS) is 54.5. The molecule has 23 heavy (non-hydrogen) atoms. The summed E-state index contributed by atoms with van der Waals surface area (Å²) in [4.78, 5) is 12.6. The largest absolute Gasteiger partial charge is 0.328 e. The summed E-state index contributed by atoms with van der Waals surface area (Å²) in [6.07, 6.45) is 11.9. The fourth-order valence-corrected chi connectivity index (χ4v) is 7.44. The highest BCUT2D eigenvalue weighted by Crippen LogP contribution is 2.66. The molecule has 0 amide bonds. The summed E-state index contributed by atoms with van der Waals surface area (Å²) in [7, 11) is 0. The van der Waals surface area contributed by atoms with Gasteiger partial charge in [0.05, 0.1) is 0 Å². The Morgan fingerprint density at radius 2 is 1.87 bits per heavy atom. The quantitative estimate of drug-likeness (QED) is 0.670. The summed E-state index contributed by atoms with van der Waals surface area (Å²) in [6, 6.07) is 0.432. The fraction of sp³-hybridized carbons (Fsp3) is 0.857. The number of ketones is 1. The van der Waals surface area contributed by atoms with Gasteiger partial charge in [0, 0.05) is 12.5 Å². The first kappa shape index (κ1) is 15.9. The van der Waals surface area contributed by atoms with Crippen molar-refractivity contribution in [2.75, 3.05) is 0 Å². The van der Waals surface area contributed by atoms with E-state index in [0.29, 0.717) is 23.2 Å². The van der Waals surface area contributed by atoms with E-state index >= 15 is 0 Å². The van der Waals surface area contributed by atoms with Crippen molar-refractivity contribution in [2.24, 2.45) is 40.2 Å². The van der Waals surface area contributed by atoms with Crippen LogP contribution in [0.25, 0.3) is 0 Å². The number of nitrogens with two attached hydrogens (primary N) is 1. The van der Waals surface area contributed by atoms with Gasteiger partial charge in [-0.3, -0.25) is 4.79 Å². The number of fused-ring (bicyclic) bond motifs is 5. The van der Waals surface area contributed by atoms with E-state index in [4.69, 9.17) is 5.73 Å². The van der Waals surface area contributed by atoms with Crippen molar-refractivity contribution in [3.63, 3.8) is 0 Å². The first-order valence-electron chi connectivity index (χ1n) is 9.85. The van der Waals surface area contributed by atoms with E-state index in [1.807, 2.05) is 0 Å². The summed E-state index contributed by atoms with van der Waals surface area (Å²) < 4.78 is 0. The van der Waals surface area contributed by atoms with Crippen molar-refractivity contribution in [3.05, 3.63) is 11.6 Å². The first-order chi connectivity index (χ1) is 10.9. The Labute approximate surface area is 141 Å². The van der Waals surface area contributed by atoms with Gasteiger partial charge in [-0.05, 0) is 91.9 Å². The van der Waals surface area contributed by atoms with Gasteiger partial charge in [-0.1, -0.05) is 19.9 Å². The SMILES string of the molecule is C/C=C1/C(=O)C[C@H]2[C@@H]3CCC4C[C@H](N)CC[C@]4(C)[C@H]3CC[C@]12C. The number of Topliss-reactive ketones (excluding diaryl/α,β-unsaturated/α-hetero) is 1. The molecule has 0 radical (unpaired) electrons. The Balaban J connectivity index is 1.66. The molecule has 128 valence electrons. The number of carbonyl (C=O) groups excluding carboxylic acids is 1. The van der Waals surface area contributed by atoms with Gasteiger partial charge in [0.15, 0.2) is 5.78 Å². The second kappa shape index (κ2) is 5.18. The second-order valence-corrected chi connectivity index (χ2v) is 9.48. The molecule has 0 aromatic carbocycles. The molecule has 0 saturated heterocycles. The predicted octanol–water partition coefficient (Wildman–Crippen LogP) is 4.48. The van der Waals surface area contributed by atoms with Crippen molar-refractivity contribution in [3.8, 4) is 0 Å². The van der Waals surface area contributed by atoms with Crippen LogP contribution in [0.5, 0.6) is 0 Å². The van der Waals surface area contributed by atoms with Crippen molar-refractivity contribution in [1.29, 1.82) is 0 Å². The maximum atomic E-state index is 12.6. The molecule has 2 heteroatoms. The van der Waals surface area contributed by atoms with Gasteiger partial charge < -0.3 is 5.73 Å². The number of carbonyl (C=O) groups is 1. The van der Waals surface area contributed by atoms with Crippen LogP contribution in [0, 0.1) is 34.5 Å². The minimum absolute atomic E-state index is 0.168. The summed E-state index contributed by atoms with van der Waals surface area (Å²) in [5, 5.41) is 0. The average molecular weight is 316 g/mol. The van der Waals surface area contributed by atoms with E-state index in [0.717, 1.165) is 29.7 Å². The molecule has 0 aromatic rings. The lowest BCUT2D eigenvalue weighted by Gasteiger charge is -2.60. The maximum Gasteiger partial charge on any atom is 0.159 e. The van der Waals surface area contributed by atoms with Crippen LogP contribution in [0.15, 0.2) is 11.6 Å². The molecular formula is C21H33NO. The molecule has 4 saturated carbocycles. The second-order valence-electron chi connectivity index (χ2n) is 9.48. The van der Waals surface area contributed by atoms with Gasteiger partial charge in [0.2, 0.25) is 0 Å². The molecule has 0 aromatic heterocycles. The molecule has 2 nitrogen and oxygen atoms in total. The van der Waals surface area contributed by atoms with Crippen LogP contribution < -0.4 is 5.73 Å². The lowest BCUT2D eigenvalue weighted by atomic mass is 9.45. The highest BCUT2D eigenvalue weighted by Gasteiger charge is 2.60. The molecular weight excluding hydrogens is 282 g/mol. The van der Waals surface area contributed by atoms with Crippen molar-refractivity contribution >= 4 is 5.78 Å². The molecule has 0 heterocycles. The Kier molecular flexibility index (Phi) is 3.58. The zero-order valence-electron chi connectivity index (χ0n) is 15.1. The standard InChI is InChI=1S/C21H33NO/c1-4-16-19(23)12-18-15-6-5-13-11-14(22)7-9-20(13,2)17(15)8-10-21(16,18)3/h4,13-15,17-18H,5-12,22H2,1-3H3/b16-4-/t13?,14-,15-,17+,18+,20+,21-/m1/s1. The summed E-state index contributed by atoms with van der Waals surface area (Å²) in [5.41, 5.74) is 8.09. The third-order valence-corrected chi connectivity index (χ3v) is 8.71. The van der Waals surface area contributed by atoms with Crippen molar-refractivity contribution < 1.29 is 4.79 Å². The number of allylic oxidation sites excluding steroid dienone is 2. The van der Waals surface area contributed by atoms with Crippen LogP contribution in [-0.2, 0) is 4.79 Å². The van der Waals surface area contributed by atoms with Gasteiger partial charge in [0.25, 0.3) is 0 Å². The lowest BCUT2D eigenvalue weighted by molar-refractivity contribution is -0.116. The molecule has 4 rings (SSSR count). The molecule has 4 fully saturated rings. The molecule has 0 aliphatic heterocycles. The molecule has 4 aliphatic carbocycles. The van der Waals surface area contributed by atoms with Crippen molar-refractivity contribution in [2.45, 2.75) is 78.2 Å². The van der Waals surface area contributed by atoms with E-state index in [-0.39, 0.29) is 5.41 Å². The minimum atomic E-state index is 0.168. The average Bonchev–Trinajstić information content (AvgIpc) is 2.77. The Morgan fingerprint density at radius 3 is 2.61 bits per heavy atom. The van der Waals surface area contributed by atoms with Gasteiger partial charge in [-0.2, -0.15) is 0 Å². The van der Waals surface area contributed by atoms with Crippen LogP contribution in [0.4, 0.5) is 0 Å². The zero-order valence-corrected chi connectivity index (χ0v) is 15.1.